The first-order chi connectivity index (χ1) is 11.6. The van der Waals surface area contributed by atoms with Crippen LogP contribution in [0.3, 0.4) is 0 Å². The van der Waals surface area contributed by atoms with E-state index in [4.69, 9.17) is 9.47 Å². The minimum absolute atomic E-state index is 0.276. The Hall–Kier alpha value is -2.82. The van der Waals surface area contributed by atoms with Gasteiger partial charge in [-0.3, -0.25) is 4.79 Å². The van der Waals surface area contributed by atoms with Crippen LogP contribution in [0.15, 0.2) is 54.6 Å². The van der Waals surface area contributed by atoms with Crippen LogP contribution in [0.2, 0.25) is 0 Å². The fourth-order valence-corrected chi connectivity index (χ4v) is 2.32. The summed E-state index contributed by atoms with van der Waals surface area (Å²) in [6, 6.07) is 16.6. The number of esters is 1. The van der Waals surface area contributed by atoms with Gasteiger partial charge in [-0.25, -0.2) is 4.79 Å². The lowest BCUT2D eigenvalue weighted by atomic mass is 10.1. The van der Waals surface area contributed by atoms with Gasteiger partial charge in [0, 0.05) is 13.3 Å². The Labute approximate surface area is 141 Å². The molecule has 0 aromatic heterocycles. The van der Waals surface area contributed by atoms with E-state index in [0.29, 0.717) is 18.8 Å². The summed E-state index contributed by atoms with van der Waals surface area (Å²) in [5.41, 5.74) is 1.96. The van der Waals surface area contributed by atoms with Gasteiger partial charge in [0.05, 0.1) is 7.11 Å². The van der Waals surface area contributed by atoms with Gasteiger partial charge < -0.3 is 14.8 Å². The van der Waals surface area contributed by atoms with Crippen molar-refractivity contribution in [3.05, 3.63) is 65.7 Å². The van der Waals surface area contributed by atoms with Crippen molar-refractivity contribution >= 4 is 11.9 Å². The van der Waals surface area contributed by atoms with E-state index < -0.39 is 12.0 Å². The monoisotopic (exact) mass is 327 g/mol. The second-order valence-corrected chi connectivity index (χ2v) is 5.40. The first-order valence-corrected chi connectivity index (χ1v) is 7.69. The van der Waals surface area contributed by atoms with Crippen LogP contribution >= 0.6 is 0 Å². The summed E-state index contributed by atoms with van der Waals surface area (Å²) in [6.07, 6.45) is 0.342. The molecule has 2 rings (SSSR count). The van der Waals surface area contributed by atoms with Crippen LogP contribution in [0.25, 0.3) is 0 Å². The molecule has 2 aromatic rings. The summed E-state index contributed by atoms with van der Waals surface area (Å²) in [5.74, 6) is -0.0366. The Bertz CT molecular complexity index is 685. The molecule has 24 heavy (non-hydrogen) atoms. The summed E-state index contributed by atoms with van der Waals surface area (Å²) in [6.45, 7) is 1.84. The van der Waals surface area contributed by atoms with Crippen molar-refractivity contribution < 1.29 is 19.1 Å². The molecule has 0 aliphatic heterocycles. The van der Waals surface area contributed by atoms with Gasteiger partial charge in [-0.2, -0.15) is 0 Å². The van der Waals surface area contributed by atoms with Crippen LogP contribution in [0.4, 0.5) is 0 Å². The molecule has 0 aliphatic carbocycles. The smallest absolute Gasteiger partial charge is 0.328 e. The van der Waals surface area contributed by atoms with Gasteiger partial charge in [0.15, 0.2) is 0 Å². The van der Waals surface area contributed by atoms with E-state index in [0.717, 1.165) is 11.1 Å². The van der Waals surface area contributed by atoms with Crippen LogP contribution in [0.5, 0.6) is 5.75 Å². The maximum Gasteiger partial charge on any atom is 0.328 e. The number of carbonyl (C=O) groups excluding carboxylic acids is 2. The minimum atomic E-state index is -0.711. The van der Waals surface area contributed by atoms with Crippen LogP contribution in [0, 0.1) is 0 Å². The van der Waals surface area contributed by atoms with E-state index in [-0.39, 0.29) is 5.91 Å². The SMILES string of the molecule is COC(=O)[C@H](Cc1cccc(OCc2ccccc2)c1)NC(C)=O. The Morgan fingerprint density at radius 3 is 2.42 bits per heavy atom. The van der Waals surface area contributed by atoms with E-state index in [1.165, 1.54) is 14.0 Å². The topological polar surface area (TPSA) is 64.6 Å². The molecule has 0 aliphatic rings. The van der Waals surface area contributed by atoms with Crippen molar-refractivity contribution in [2.45, 2.75) is 26.0 Å². The number of benzene rings is 2. The maximum atomic E-state index is 11.8. The molecule has 0 bridgehead atoms. The zero-order chi connectivity index (χ0) is 17.4. The fraction of sp³-hybridized carbons (Fsp3) is 0.263. The third-order valence-corrected chi connectivity index (χ3v) is 3.45. The predicted octanol–water partition coefficient (Wildman–Crippen LogP) is 2.49. The number of nitrogens with one attached hydrogen (secondary N) is 1. The van der Waals surface area contributed by atoms with Gasteiger partial charge >= 0.3 is 5.97 Å². The molecule has 126 valence electrons. The number of hydrogen-bond acceptors (Lipinski definition) is 4. The zero-order valence-corrected chi connectivity index (χ0v) is 13.8. The van der Waals surface area contributed by atoms with Gasteiger partial charge in [0.2, 0.25) is 5.91 Å². The number of methoxy groups -OCH3 is 1. The average molecular weight is 327 g/mol. The molecule has 2 aromatic carbocycles. The van der Waals surface area contributed by atoms with Gasteiger partial charge in [0.1, 0.15) is 18.4 Å². The van der Waals surface area contributed by atoms with Crippen LogP contribution in [-0.4, -0.2) is 25.0 Å². The summed E-state index contributed by atoms with van der Waals surface area (Å²) in [5, 5.41) is 2.60. The van der Waals surface area contributed by atoms with E-state index in [2.05, 4.69) is 5.32 Å². The molecule has 0 saturated heterocycles. The number of rotatable bonds is 7. The number of hydrogen-bond donors (Lipinski definition) is 1. The minimum Gasteiger partial charge on any atom is -0.489 e. The Morgan fingerprint density at radius 1 is 1.04 bits per heavy atom. The molecular formula is C19H21NO4. The van der Waals surface area contributed by atoms with Crippen LogP contribution < -0.4 is 10.1 Å². The third-order valence-electron chi connectivity index (χ3n) is 3.45. The first-order valence-electron chi connectivity index (χ1n) is 7.69. The van der Waals surface area contributed by atoms with E-state index in [1.807, 2.05) is 54.6 Å². The summed E-state index contributed by atoms with van der Waals surface area (Å²) < 4.78 is 10.5. The van der Waals surface area contributed by atoms with E-state index in [1.54, 1.807) is 0 Å². The zero-order valence-electron chi connectivity index (χ0n) is 13.8. The standard InChI is InChI=1S/C19H21NO4/c1-14(21)20-18(19(22)23-2)12-16-9-6-10-17(11-16)24-13-15-7-4-3-5-8-15/h3-11,18H,12-13H2,1-2H3,(H,20,21)/t18-/m0/s1. The number of carbonyl (C=O) groups is 2. The lowest BCUT2D eigenvalue weighted by molar-refractivity contribution is -0.144. The lowest BCUT2D eigenvalue weighted by Gasteiger charge is -2.16. The van der Waals surface area contributed by atoms with Crippen molar-refractivity contribution in [1.29, 1.82) is 0 Å². The number of amides is 1. The van der Waals surface area contributed by atoms with Crippen LogP contribution in [-0.2, 0) is 27.4 Å². The molecule has 0 heterocycles. The predicted molar refractivity (Wildman–Crippen MR) is 90.5 cm³/mol. The molecule has 1 amide bonds. The van der Waals surface area contributed by atoms with Gasteiger partial charge in [0.25, 0.3) is 0 Å². The molecule has 0 unspecified atom stereocenters. The molecule has 0 spiro atoms. The molecule has 0 saturated carbocycles. The second-order valence-electron chi connectivity index (χ2n) is 5.40. The highest BCUT2D eigenvalue weighted by Crippen LogP contribution is 2.17. The maximum absolute atomic E-state index is 11.8. The molecule has 0 fully saturated rings. The fourth-order valence-electron chi connectivity index (χ4n) is 2.32. The van der Waals surface area contributed by atoms with E-state index in [9.17, 15) is 9.59 Å². The van der Waals surface area contributed by atoms with Crippen molar-refractivity contribution in [1.82, 2.24) is 5.32 Å². The molecule has 5 heteroatoms. The normalized spacial score (nSPS) is 11.4. The van der Waals surface area contributed by atoms with Crippen LogP contribution in [0.1, 0.15) is 18.1 Å². The molecule has 0 radical (unpaired) electrons. The summed E-state index contributed by atoms with van der Waals surface area (Å²) >= 11 is 0. The average Bonchev–Trinajstić information content (AvgIpc) is 2.59. The Morgan fingerprint density at radius 2 is 1.75 bits per heavy atom. The molecule has 1 atom stereocenters. The second kappa shape index (κ2) is 8.72. The van der Waals surface area contributed by atoms with Gasteiger partial charge in [-0.15, -0.1) is 0 Å². The highest BCUT2D eigenvalue weighted by Gasteiger charge is 2.20. The Balaban J connectivity index is 2.02. The quantitative estimate of drug-likeness (QED) is 0.794. The molecule has 1 N–H and O–H groups in total. The Kier molecular flexibility index (Phi) is 6.37. The van der Waals surface area contributed by atoms with Gasteiger partial charge in [-0.1, -0.05) is 42.5 Å². The van der Waals surface area contributed by atoms with Gasteiger partial charge in [-0.05, 0) is 23.3 Å². The highest BCUT2D eigenvalue weighted by atomic mass is 16.5. The molecule has 5 nitrogen and oxygen atoms in total. The van der Waals surface area contributed by atoms with Crippen molar-refractivity contribution in [3.63, 3.8) is 0 Å². The molecular weight excluding hydrogens is 306 g/mol. The van der Waals surface area contributed by atoms with E-state index >= 15 is 0 Å². The number of ether oxygens (including phenoxy) is 2. The largest absolute Gasteiger partial charge is 0.489 e. The summed E-state index contributed by atoms with van der Waals surface area (Å²) in [4.78, 5) is 23.0. The lowest BCUT2D eigenvalue weighted by Crippen LogP contribution is -2.41. The highest BCUT2D eigenvalue weighted by molar-refractivity contribution is 5.83. The first kappa shape index (κ1) is 17.5. The third kappa shape index (κ3) is 5.43. The summed E-state index contributed by atoms with van der Waals surface area (Å²) in [7, 11) is 1.30. The van der Waals surface area contributed by atoms with Crippen molar-refractivity contribution in [3.8, 4) is 5.75 Å². The van der Waals surface area contributed by atoms with Crippen molar-refractivity contribution in [2.75, 3.05) is 7.11 Å². The van der Waals surface area contributed by atoms with Crippen molar-refractivity contribution in [2.24, 2.45) is 0 Å².